The van der Waals surface area contributed by atoms with Crippen LogP contribution in [-0.4, -0.2) is 29.5 Å². The van der Waals surface area contributed by atoms with Gasteiger partial charge in [0.1, 0.15) is 11.6 Å². The number of para-hydroxylation sites is 1. The zero-order chi connectivity index (χ0) is 22.5. The van der Waals surface area contributed by atoms with Crippen molar-refractivity contribution < 1.29 is 4.79 Å². The van der Waals surface area contributed by atoms with Crippen LogP contribution in [0.25, 0.3) is 34.3 Å². The number of likely N-dealkylation sites (N-methyl/N-ethyl adjacent to an activating group) is 1. The van der Waals surface area contributed by atoms with Gasteiger partial charge in [0, 0.05) is 25.3 Å². The van der Waals surface area contributed by atoms with Crippen molar-refractivity contribution in [1.82, 2.24) is 9.47 Å². The molecule has 0 bridgehead atoms. The van der Waals surface area contributed by atoms with Gasteiger partial charge in [-0.25, -0.2) is 0 Å². The van der Waals surface area contributed by atoms with Crippen LogP contribution in [0.1, 0.15) is 5.56 Å². The monoisotopic (exact) mass is 417 g/mol. The summed E-state index contributed by atoms with van der Waals surface area (Å²) in [4.78, 5) is 14.0. The van der Waals surface area contributed by atoms with Gasteiger partial charge in [-0.05, 0) is 35.4 Å². The van der Waals surface area contributed by atoms with E-state index in [1.165, 1.54) is 4.90 Å². The molecule has 4 rings (SSSR count). The number of nitrogens with zero attached hydrogens (tertiary/aromatic N) is 3. The summed E-state index contributed by atoms with van der Waals surface area (Å²) < 4.78 is 2.19. The standard InChI is InChI=1S/C28H23N3O/c1-30(2)28(32)24(20-29)18-23-19-26(21-12-6-3-7-13-21)31(25-16-10-5-11-17-25)27(23)22-14-8-4-9-15-22/h3-19H,1-2H3/b24-18+. The zero-order valence-electron chi connectivity index (χ0n) is 18.1. The molecule has 4 nitrogen and oxygen atoms in total. The predicted octanol–water partition coefficient (Wildman–Crippen LogP) is 5.81. The van der Waals surface area contributed by atoms with Crippen LogP contribution >= 0.6 is 0 Å². The third kappa shape index (κ3) is 4.10. The van der Waals surface area contributed by atoms with Gasteiger partial charge in [0.2, 0.25) is 0 Å². The van der Waals surface area contributed by atoms with Crippen molar-refractivity contribution in [1.29, 1.82) is 5.26 Å². The van der Waals surface area contributed by atoms with Gasteiger partial charge in [0.15, 0.2) is 0 Å². The molecule has 0 atom stereocenters. The fraction of sp³-hybridized carbons (Fsp3) is 0.0714. The first-order valence-corrected chi connectivity index (χ1v) is 10.4. The Morgan fingerprint density at radius 2 is 1.38 bits per heavy atom. The van der Waals surface area contributed by atoms with Crippen LogP contribution in [0.3, 0.4) is 0 Å². The topological polar surface area (TPSA) is 49.0 Å². The second kappa shape index (κ2) is 9.20. The van der Waals surface area contributed by atoms with Crippen molar-refractivity contribution in [2.45, 2.75) is 0 Å². The average molecular weight is 418 g/mol. The summed E-state index contributed by atoms with van der Waals surface area (Å²) in [6, 6.07) is 34.4. The molecular weight excluding hydrogens is 394 g/mol. The van der Waals surface area contributed by atoms with E-state index >= 15 is 0 Å². The Labute approximate surface area is 188 Å². The van der Waals surface area contributed by atoms with Gasteiger partial charge in [-0.3, -0.25) is 4.79 Å². The number of amides is 1. The number of hydrogen-bond acceptors (Lipinski definition) is 2. The van der Waals surface area contributed by atoms with E-state index in [4.69, 9.17) is 0 Å². The molecule has 1 heterocycles. The largest absolute Gasteiger partial charge is 0.344 e. The summed E-state index contributed by atoms with van der Waals surface area (Å²) >= 11 is 0. The number of aromatic nitrogens is 1. The molecule has 32 heavy (non-hydrogen) atoms. The Bertz CT molecular complexity index is 1300. The molecular formula is C28H23N3O. The summed E-state index contributed by atoms with van der Waals surface area (Å²) in [7, 11) is 3.30. The summed E-state index contributed by atoms with van der Waals surface area (Å²) in [6.45, 7) is 0. The fourth-order valence-electron chi connectivity index (χ4n) is 3.74. The first-order chi connectivity index (χ1) is 15.6. The lowest BCUT2D eigenvalue weighted by atomic mass is 10.0. The maximum absolute atomic E-state index is 12.6. The van der Waals surface area contributed by atoms with Gasteiger partial charge in [0.05, 0.1) is 11.4 Å². The molecule has 0 fully saturated rings. The van der Waals surface area contributed by atoms with Crippen molar-refractivity contribution in [3.8, 4) is 34.3 Å². The number of benzene rings is 3. The van der Waals surface area contributed by atoms with Crippen LogP contribution in [0, 0.1) is 11.3 Å². The molecule has 3 aromatic carbocycles. The first-order valence-electron chi connectivity index (χ1n) is 10.4. The molecule has 0 aliphatic rings. The fourth-order valence-corrected chi connectivity index (χ4v) is 3.74. The van der Waals surface area contributed by atoms with Gasteiger partial charge < -0.3 is 9.47 Å². The first kappa shape index (κ1) is 20.9. The Hall–Kier alpha value is -4.36. The van der Waals surface area contributed by atoms with E-state index in [1.807, 2.05) is 72.8 Å². The highest BCUT2D eigenvalue weighted by Crippen LogP contribution is 2.37. The summed E-state index contributed by atoms with van der Waals surface area (Å²) in [5, 5.41) is 9.71. The van der Waals surface area contributed by atoms with E-state index in [-0.39, 0.29) is 11.5 Å². The molecule has 0 saturated carbocycles. The number of nitriles is 1. The average Bonchev–Trinajstić information content (AvgIpc) is 3.22. The second-order valence-corrected chi connectivity index (χ2v) is 7.61. The Morgan fingerprint density at radius 3 is 1.91 bits per heavy atom. The molecule has 0 unspecified atom stereocenters. The molecule has 1 aromatic heterocycles. The molecule has 156 valence electrons. The van der Waals surface area contributed by atoms with Gasteiger partial charge in [-0.1, -0.05) is 78.9 Å². The van der Waals surface area contributed by atoms with Crippen LogP contribution in [-0.2, 0) is 4.79 Å². The quantitative estimate of drug-likeness (QED) is 0.304. The van der Waals surface area contributed by atoms with Crippen LogP contribution in [0.15, 0.2) is 103 Å². The Kier molecular flexibility index (Phi) is 6.00. The number of rotatable bonds is 5. The normalized spacial score (nSPS) is 11.1. The summed E-state index contributed by atoms with van der Waals surface area (Å²) in [5.74, 6) is -0.319. The maximum Gasteiger partial charge on any atom is 0.264 e. The minimum absolute atomic E-state index is 0.0944. The van der Waals surface area contributed by atoms with Gasteiger partial charge in [-0.15, -0.1) is 0 Å². The third-order valence-electron chi connectivity index (χ3n) is 5.22. The molecule has 0 spiro atoms. The van der Waals surface area contributed by atoms with E-state index in [9.17, 15) is 10.1 Å². The van der Waals surface area contributed by atoms with Crippen molar-refractivity contribution in [3.63, 3.8) is 0 Å². The van der Waals surface area contributed by atoms with E-state index in [0.717, 1.165) is 33.8 Å². The molecule has 4 aromatic rings. The molecule has 0 aliphatic heterocycles. The van der Waals surface area contributed by atoms with Gasteiger partial charge in [0.25, 0.3) is 5.91 Å². The molecule has 0 aliphatic carbocycles. The van der Waals surface area contributed by atoms with Crippen LogP contribution < -0.4 is 0 Å². The van der Waals surface area contributed by atoms with E-state index in [0.29, 0.717) is 0 Å². The van der Waals surface area contributed by atoms with Gasteiger partial charge >= 0.3 is 0 Å². The lowest BCUT2D eigenvalue weighted by Crippen LogP contribution is -2.22. The van der Waals surface area contributed by atoms with Crippen molar-refractivity contribution in [3.05, 3.63) is 108 Å². The highest BCUT2D eigenvalue weighted by atomic mass is 16.2. The molecule has 0 saturated heterocycles. The minimum Gasteiger partial charge on any atom is -0.344 e. The minimum atomic E-state index is -0.319. The molecule has 1 amide bonds. The van der Waals surface area contributed by atoms with Crippen LogP contribution in [0.5, 0.6) is 0 Å². The van der Waals surface area contributed by atoms with Crippen molar-refractivity contribution in [2.24, 2.45) is 0 Å². The lowest BCUT2D eigenvalue weighted by Gasteiger charge is -2.15. The van der Waals surface area contributed by atoms with Crippen molar-refractivity contribution >= 4 is 12.0 Å². The van der Waals surface area contributed by atoms with Crippen molar-refractivity contribution in [2.75, 3.05) is 14.1 Å². The van der Waals surface area contributed by atoms with Crippen LogP contribution in [0.4, 0.5) is 0 Å². The van der Waals surface area contributed by atoms with Crippen LogP contribution in [0.2, 0.25) is 0 Å². The Morgan fingerprint density at radius 1 is 0.844 bits per heavy atom. The smallest absolute Gasteiger partial charge is 0.264 e. The Balaban J connectivity index is 2.08. The lowest BCUT2D eigenvalue weighted by molar-refractivity contribution is -0.124. The highest BCUT2D eigenvalue weighted by molar-refractivity contribution is 6.02. The van der Waals surface area contributed by atoms with Gasteiger partial charge in [-0.2, -0.15) is 5.26 Å². The zero-order valence-corrected chi connectivity index (χ0v) is 18.1. The summed E-state index contributed by atoms with van der Waals surface area (Å²) in [5.41, 5.74) is 5.86. The highest BCUT2D eigenvalue weighted by Gasteiger charge is 2.20. The molecule has 0 N–H and O–H groups in total. The molecule has 0 radical (unpaired) electrons. The van der Waals surface area contributed by atoms with E-state index in [2.05, 4.69) is 34.9 Å². The van der Waals surface area contributed by atoms with E-state index < -0.39 is 0 Å². The maximum atomic E-state index is 12.6. The summed E-state index contributed by atoms with van der Waals surface area (Å²) in [6.07, 6.45) is 1.69. The SMILES string of the molecule is CN(C)C(=O)/C(C#N)=C/c1cc(-c2ccccc2)n(-c2ccccc2)c1-c1ccccc1. The predicted molar refractivity (Wildman–Crippen MR) is 129 cm³/mol. The number of hydrogen-bond donors (Lipinski definition) is 0. The third-order valence-corrected chi connectivity index (χ3v) is 5.22. The number of carbonyl (C=O) groups excluding carboxylic acids is 1. The number of carbonyl (C=O) groups is 1. The second-order valence-electron chi connectivity index (χ2n) is 7.61. The molecule has 4 heteroatoms. The van der Waals surface area contributed by atoms with E-state index in [1.54, 1.807) is 20.2 Å².